The van der Waals surface area contributed by atoms with Gasteiger partial charge in [0.25, 0.3) is 0 Å². The molecule has 1 N–H and O–H groups in total. The van der Waals surface area contributed by atoms with Gasteiger partial charge in [0.05, 0.1) is 0 Å². The number of nitrogens with one attached hydrogen (secondary N) is 1. The average molecular weight is 384 g/mol. The standard InChI is InChI=1S/C26H41NO/c1-10-13-15-17(5)21-19(7)22(16(4)14-11-2)24-23(20(21)8)25(28)26(9,27-24)18(6)12-3/h12,16-18,27H,3,10-11,13-15H2,1-2,4-9H3. The summed E-state index contributed by atoms with van der Waals surface area (Å²) in [5.41, 5.74) is 6.82. The zero-order valence-corrected chi connectivity index (χ0v) is 19.5. The summed E-state index contributed by atoms with van der Waals surface area (Å²) in [4.78, 5) is 13.7. The van der Waals surface area contributed by atoms with E-state index in [-0.39, 0.29) is 11.7 Å². The first-order chi connectivity index (χ1) is 13.1. The molecule has 2 nitrogen and oxygen atoms in total. The van der Waals surface area contributed by atoms with Gasteiger partial charge in [-0.15, -0.1) is 6.58 Å². The highest BCUT2D eigenvalue weighted by molar-refractivity contribution is 6.15. The molecule has 1 aliphatic heterocycles. The maximum atomic E-state index is 13.7. The predicted molar refractivity (Wildman–Crippen MR) is 123 cm³/mol. The van der Waals surface area contributed by atoms with E-state index in [9.17, 15) is 4.79 Å². The quantitative estimate of drug-likeness (QED) is 0.443. The minimum absolute atomic E-state index is 0.0717. The van der Waals surface area contributed by atoms with E-state index in [1.807, 2.05) is 13.0 Å². The molecule has 0 aromatic heterocycles. The molecule has 2 heteroatoms. The topological polar surface area (TPSA) is 29.1 Å². The van der Waals surface area contributed by atoms with Gasteiger partial charge in [-0.3, -0.25) is 4.79 Å². The number of benzene rings is 1. The Morgan fingerprint density at radius 1 is 1.00 bits per heavy atom. The van der Waals surface area contributed by atoms with E-state index >= 15 is 0 Å². The molecule has 0 spiro atoms. The smallest absolute Gasteiger partial charge is 0.190 e. The average Bonchev–Trinajstić information content (AvgIpc) is 2.91. The number of rotatable bonds is 9. The van der Waals surface area contributed by atoms with Crippen LogP contribution >= 0.6 is 0 Å². The van der Waals surface area contributed by atoms with Crippen LogP contribution < -0.4 is 5.32 Å². The van der Waals surface area contributed by atoms with Crippen molar-refractivity contribution in [1.82, 2.24) is 0 Å². The van der Waals surface area contributed by atoms with Gasteiger partial charge in [-0.05, 0) is 67.7 Å². The Balaban J connectivity index is 2.75. The van der Waals surface area contributed by atoms with Crippen molar-refractivity contribution in [2.24, 2.45) is 5.92 Å². The molecule has 1 aromatic rings. The summed E-state index contributed by atoms with van der Waals surface area (Å²) in [6.45, 7) is 21.7. The van der Waals surface area contributed by atoms with Crippen molar-refractivity contribution >= 4 is 11.5 Å². The van der Waals surface area contributed by atoms with Crippen LogP contribution in [0.2, 0.25) is 0 Å². The fourth-order valence-electron chi connectivity index (χ4n) is 5.20. The molecule has 1 aromatic carbocycles. The lowest BCUT2D eigenvalue weighted by Crippen LogP contribution is -2.43. The Morgan fingerprint density at radius 2 is 1.61 bits per heavy atom. The van der Waals surface area contributed by atoms with Gasteiger partial charge in [0.1, 0.15) is 5.54 Å². The molecule has 1 aliphatic rings. The van der Waals surface area contributed by atoms with Gasteiger partial charge in [-0.1, -0.05) is 60.0 Å². The zero-order chi connectivity index (χ0) is 21.2. The molecule has 0 bridgehead atoms. The third kappa shape index (κ3) is 3.67. The number of carbonyl (C=O) groups is 1. The fraction of sp³-hybridized carbons (Fsp3) is 0.654. The largest absolute Gasteiger partial charge is 0.371 e. The van der Waals surface area contributed by atoms with Crippen LogP contribution in [0.25, 0.3) is 0 Å². The first-order valence-corrected chi connectivity index (χ1v) is 11.3. The van der Waals surface area contributed by atoms with Crippen molar-refractivity contribution in [3.63, 3.8) is 0 Å². The van der Waals surface area contributed by atoms with Crippen LogP contribution in [0.1, 0.15) is 118 Å². The summed E-state index contributed by atoms with van der Waals surface area (Å²) in [7, 11) is 0. The zero-order valence-electron chi connectivity index (χ0n) is 19.5. The van der Waals surface area contributed by atoms with Crippen molar-refractivity contribution in [2.75, 3.05) is 5.32 Å². The number of anilines is 1. The number of hydrogen-bond acceptors (Lipinski definition) is 2. The highest BCUT2D eigenvalue weighted by Crippen LogP contribution is 2.48. The number of hydrogen-bond donors (Lipinski definition) is 1. The SMILES string of the molecule is C=CC(C)C1(C)Nc2c(c(C)c(C(C)CCCC)c(C)c2C(C)CCC)C1=O. The number of Topliss-reactive ketones (excluding diaryl/α,β-unsaturated/α-hetero) is 1. The highest BCUT2D eigenvalue weighted by atomic mass is 16.1. The predicted octanol–water partition coefficient (Wildman–Crippen LogP) is 7.69. The second kappa shape index (κ2) is 8.84. The van der Waals surface area contributed by atoms with Gasteiger partial charge >= 0.3 is 0 Å². The molecule has 2 rings (SSSR count). The summed E-state index contributed by atoms with van der Waals surface area (Å²) in [5, 5.41) is 3.69. The summed E-state index contributed by atoms with van der Waals surface area (Å²) in [6, 6.07) is 0. The maximum Gasteiger partial charge on any atom is 0.190 e. The highest BCUT2D eigenvalue weighted by Gasteiger charge is 2.47. The molecule has 0 radical (unpaired) electrons. The number of unbranched alkanes of at least 4 members (excludes halogenated alkanes) is 1. The van der Waals surface area contributed by atoms with Crippen LogP contribution in [0.15, 0.2) is 12.7 Å². The summed E-state index contributed by atoms with van der Waals surface area (Å²) in [6.07, 6.45) is 7.82. The Bertz CT molecular complexity index is 748. The molecule has 0 aliphatic carbocycles. The molecule has 4 atom stereocenters. The summed E-state index contributed by atoms with van der Waals surface area (Å²) < 4.78 is 0. The van der Waals surface area contributed by atoms with Crippen molar-refractivity contribution in [1.29, 1.82) is 0 Å². The lowest BCUT2D eigenvalue weighted by atomic mass is 9.77. The summed E-state index contributed by atoms with van der Waals surface area (Å²) in [5.74, 6) is 1.23. The first-order valence-electron chi connectivity index (χ1n) is 11.3. The van der Waals surface area contributed by atoms with Crippen LogP contribution in [0.3, 0.4) is 0 Å². The second-order valence-corrected chi connectivity index (χ2v) is 9.24. The Morgan fingerprint density at radius 3 is 2.14 bits per heavy atom. The lowest BCUT2D eigenvalue weighted by Gasteiger charge is -2.29. The number of fused-ring (bicyclic) bond motifs is 1. The summed E-state index contributed by atoms with van der Waals surface area (Å²) >= 11 is 0. The van der Waals surface area contributed by atoms with Gasteiger partial charge in [0.2, 0.25) is 0 Å². The van der Waals surface area contributed by atoms with Crippen LogP contribution in [0.4, 0.5) is 5.69 Å². The Labute approximate surface area is 173 Å². The van der Waals surface area contributed by atoms with E-state index in [2.05, 4.69) is 60.4 Å². The van der Waals surface area contributed by atoms with Crippen molar-refractivity contribution in [2.45, 2.75) is 105 Å². The lowest BCUT2D eigenvalue weighted by molar-refractivity contribution is 0.0905. The van der Waals surface area contributed by atoms with E-state index < -0.39 is 5.54 Å². The molecule has 0 fully saturated rings. The fourth-order valence-corrected chi connectivity index (χ4v) is 5.20. The number of ketones is 1. The molecule has 156 valence electrons. The molecular weight excluding hydrogens is 342 g/mol. The molecule has 0 saturated heterocycles. The van der Waals surface area contributed by atoms with Crippen LogP contribution in [-0.2, 0) is 0 Å². The normalized spacial score (nSPS) is 21.8. The van der Waals surface area contributed by atoms with E-state index in [0.29, 0.717) is 11.8 Å². The molecule has 0 amide bonds. The third-order valence-electron chi connectivity index (χ3n) is 7.15. The maximum absolute atomic E-state index is 13.7. The van der Waals surface area contributed by atoms with E-state index in [1.54, 1.807) is 0 Å². The Hall–Kier alpha value is -1.57. The molecular formula is C26H41NO. The minimum atomic E-state index is -0.604. The van der Waals surface area contributed by atoms with Crippen LogP contribution in [0.5, 0.6) is 0 Å². The third-order valence-corrected chi connectivity index (χ3v) is 7.15. The van der Waals surface area contributed by atoms with Crippen molar-refractivity contribution in [3.8, 4) is 0 Å². The van der Waals surface area contributed by atoms with Gasteiger partial charge < -0.3 is 5.32 Å². The van der Waals surface area contributed by atoms with Gasteiger partial charge in [0, 0.05) is 17.2 Å². The van der Waals surface area contributed by atoms with Gasteiger partial charge in [-0.2, -0.15) is 0 Å². The second-order valence-electron chi connectivity index (χ2n) is 9.24. The van der Waals surface area contributed by atoms with Gasteiger partial charge in [0.15, 0.2) is 5.78 Å². The van der Waals surface area contributed by atoms with E-state index in [0.717, 1.165) is 24.1 Å². The molecule has 1 heterocycles. The van der Waals surface area contributed by atoms with Crippen LogP contribution in [0, 0.1) is 19.8 Å². The van der Waals surface area contributed by atoms with E-state index in [4.69, 9.17) is 0 Å². The van der Waals surface area contributed by atoms with Crippen LogP contribution in [-0.4, -0.2) is 11.3 Å². The molecule has 28 heavy (non-hydrogen) atoms. The number of carbonyl (C=O) groups excluding carboxylic acids is 1. The Kier molecular flexibility index (Phi) is 7.17. The van der Waals surface area contributed by atoms with Crippen molar-refractivity contribution < 1.29 is 4.79 Å². The van der Waals surface area contributed by atoms with Crippen molar-refractivity contribution in [3.05, 3.63) is 40.5 Å². The minimum Gasteiger partial charge on any atom is -0.371 e. The monoisotopic (exact) mass is 383 g/mol. The molecule has 4 unspecified atom stereocenters. The van der Waals surface area contributed by atoms with Gasteiger partial charge in [-0.25, -0.2) is 0 Å². The molecule has 0 saturated carbocycles. The van der Waals surface area contributed by atoms with E-state index in [1.165, 1.54) is 41.5 Å². The first kappa shape index (κ1) is 22.7.